The zero-order chi connectivity index (χ0) is 9.30. The predicted molar refractivity (Wildman–Crippen MR) is 51.2 cm³/mol. The van der Waals surface area contributed by atoms with E-state index in [0.29, 0.717) is 0 Å². The molecule has 0 atom stereocenters. The number of thiol groups is 1. The molecule has 0 unspecified atom stereocenters. The summed E-state index contributed by atoms with van der Waals surface area (Å²) >= 11 is 20.7. The van der Waals surface area contributed by atoms with Crippen molar-refractivity contribution >= 4 is 47.4 Å². The Balaban J connectivity index is 3.56. The number of hydrogen-bond acceptors (Lipinski definition) is 3. The van der Waals surface area contributed by atoms with E-state index in [1.807, 2.05) is 6.07 Å². The quantitative estimate of drug-likeness (QED) is 0.557. The molecule has 0 saturated heterocycles. The van der Waals surface area contributed by atoms with Crippen molar-refractivity contribution in [2.75, 3.05) is 0 Å². The lowest BCUT2D eigenvalue weighted by atomic mass is 10.3. The third kappa shape index (κ3) is 1.62. The van der Waals surface area contributed by atoms with E-state index in [0.717, 1.165) is 0 Å². The van der Waals surface area contributed by atoms with Crippen LogP contribution in [-0.2, 0) is 0 Å². The van der Waals surface area contributed by atoms with Crippen LogP contribution in [0.5, 0.6) is 0 Å². The second-order valence-corrected chi connectivity index (χ2v) is 3.38. The van der Waals surface area contributed by atoms with Gasteiger partial charge in [0.1, 0.15) is 11.2 Å². The molecule has 62 valence electrons. The van der Waals surface area contributed by atoms with E-state index in [-0.39, 0.29) is 25.8 Å². The Hall–Kier alpha value is -0.140. The van der Waals surface area contributed by atoms with Gasteiger partial charge in [-0.2, -0.15) is 5.26 Å². The van der Waals surface area contributed by atoms with Crippen LogP contribution in [-0.4, -0.2) is 4.98 Å². The van der Waals surface area contributed by atoms with E-state index < -0.39 is 0 Å². The maximum Gasteiger partial charge on any atom is 0.150 e. The SMILES string of the molecule is N#Cc1c(S)c(Cl)nc(Cl)c1Cl. The number of hydrogen-bond donors (Lipinski definition) is 1. The summed E-state index contributed by atoms with van der Waals surface area (Å²) in [5.41, 5.74) is 0.144. The lowest BCUT2D eigenvalue weighted by molar-refractivity contribution is 1.22. The standard InChI is InChI=1S/C6HCl3N2S/c7-3-2(1-10)4(12)6(9)11-5(3)8/h12H. The van der Waals surface area contributed by atoms with Crippen LogP contribution in [0.2, 0.25) is 15.3 Å². The fraction of sp³-hybridized carbons (Fsp3) is 0. The van der Waals surface area contributed by atoms with Gasteiger partial charge in [0.2, 0.25) is 0 Å². The highest BCUT2D eigenvalue weighted by Crippen LogP contribution is 2.32. The van der Waals surface area contributed by atoms with Gasteiger partial charge in [-0.3, -0.25) is 0 Å². The zero-order valence-electron chi connectivity index (χ0n) is 5.48. The summed E-state index contributed by atoms with van der Waals surface area (Å²) in [6.45, 7) is 0. The second kappa shape index (κ2) is 3.71. The molecule has 1 aromatic heterocycles. The van der Waals surface area contributed by atoms with Crippen molar-refractivity contribution in [3.63, 3.8) is 0 Å². The highest BCUT2D eigenvalue weighted by atomic mass is 35.5. The predicted octanol–water partition coefficient (Wildman–Crippen LogP) is 3.20. The van der Waals surface area contributed by atoms with E-state index in [1.165, 1.54) is 0 Å². The summed E-state index contributed by atoms with van der Waals surface area (Å²) in [5, 5.41) is 8.78. The Kier molecular flexibility index (Phi) is 3.08. The summed E-state index contributed by atoms with van der Waals surface area (Å²) in [7, 11) is 0. The van der Waals surface area contributed by atoms with Gasteiger partial charge in [-0.25, -0.2) is 4.98 Å². The molecule has 0 fully saturated rings. The summed E-state index contributed by atoms with van der Waals surface area (Å²) in [6.07, 6.45) is 0. The van der Waals surface area contributed by atoms with Crippen molar-refractivity contribution in [3.05, 3.63) is 20.9 Å². The molecule has 0 N–H and O–H groups in total. The molecule has 0 amide bonds. The molecule has 2 nitrogen and oxygen atoms in total. The molecule has 0 aliphatic carbocycles. The average Bonchev–Trinajstić information content (AvgIpc) is 2.02. The second-order valence-electron chi connectivity index (χ2n) is 1.84. The van der Waals surface area contributed by atoms with Crippen LogP contribution in [0.1, 0.15) is 5.56 Å². The number of rotatable bonds is 0. The Morgan fingerprint density at radius 3 is 2.33 bits per heavy atom. The molecular formula is C6HCl3N2S. The molecule has 1 aromatic rings. The number of nitriles is 1. The van der Waals surface area contributed by atoms with E-state index in [4.69, 9.17) is 40.1 Å². The van der Waals surface area contributed by atoms with Crippen LogP contribution in [0.4, 0.5) is 0 Å². The van der Waals surface area contributed by atoms with Gasteiger partial charge in [-0.05, 0) is 0 Å². The van der Waals surface area contributed by atoms with Crippen molar-refractivity contribution in [2.45, 2.75) is 4.90 Å². The molecule has 0 spiro atoms. The normalized spacial score (nSPS) is 9.58. The Morgan fingerprint density at radius 2 is 1.83 bits per heavy atom. The van der Waals surface area contributed by atoms with Crippen LogP contribution in [0.25, 0.3) is 0 Å². The molecule has 1 rings (SSSR count). The lowest BCUT2D eigenvalue weighted by Crippen LogP contribution is -1.87. The van der Waals surface area contributed by atoms with Gasteiger partial charge in [0.15, 0.2) is 5.15 Å². The van der Waals surface area contributed by atoms with Crippen molar-refractivity contribution < 1.29 is 0 Å². The molecule has 0 aliphatic heterocycles. The van der Waals surface area contributed by atoms with Crippen LogP contribution in [0.15, 0.2) is 4.90 Å². The average molecular weight is 240 g/mol. The minimum atomic E-state index is 0.0102. The van der Waals surface area contributed by atoms with Crippen molar-refractivity contribution in [3.8, 4) is 6.07 Å². The van der Waals surface area contributed by atoms with E-state index in [9.17, 15) is 0 Å². The van der Waals surface area contributed by atoms with E-state index in [2.05, 4.69) is 17.6 Å². The van der Waals surface area contributed by atoms with Gasteiger partial charge < -0.3 is 0 Å². The summed E-state index contributed by atoms with van der Waals surface area (Å²) in [4.78, 5) is 3.90. The van der Waals surface area contributed by atoms with Crippen molar-refractivity contribution in [1.29, 1.82) is 5.26 Å². The largest absolute Gasteiger partial charge is 0.222 e. The molecule has 0 aromatic carbocycles. The first-order valence-electron chi connectivity index (χ1n) is 2.71. The number of halogens is 3. The van der Waals surface area contributed by atoms with Crippen LogP contribution < -0.4 is 0 Å². The molecule has 6 heteroatoms. The summed E-state index contributed by atoms with van der Waals surface area (Å²) in [5.74, 6) is 0. The number of aromatic nitrogens is 1. The van der Waals surface area contributed by atoms with Crippen molar-refractivity contribution in [2.24, 2.45) is 0 Å². The van der Waals surface area contributed by atoms with Gasteiger partial charge >= 0.3 is 0 Å². The number of nitrogens with zero attached hydrogens (tertiary/aromatic N) is 2. The van der Waals surface area contributed by atoms with Crippen LogP contribution in [0, 0.1) is 11.3 Å². The number of pyridine rings is 1. The van der Waals surface area contributed by atoms with Crippen LogP contribution >= 0.6 is 47.4 Å². The van der Waals surface area contributed by atoms with Crippen molar-refractivity contribution in [1.82, 2.24) is 4.98 Å². The first-order chi connectivity index (χ1) is 5.57. The topological polar surface area (TPSA) is 36.7 Å². The monoisotopic (exact) mass is 238 g/mol. The minimum absolute atomic E-state index is 0.0102. The first kappa shape index (κ1) is 9.94. The van der Waals surface area contributed by atoms with E-state index >= 15 is 0 Å². The maximum atomic E-state index is 8.62. The Bertz CT molecular complexity index is 346. The third-order valence-corrected chi connectivity index (χ3v) is 2.72. The van der Waals surface area contributed by atoms with Gasteiger partial charge in [0.05, 0.1) is 15.5 Å². The Labute approximate surface area is 89.5 Å². The van der Waals surface area contributed by atoms with Gasteiger partial charge in [-0.1, -0.05) is 34.8 Å². The summed E-state index contributed by atoms with van der Waals surface area (Å²) in [6, 6.07) is 1.83. The highest BCUT2D eigenvalue weighted by molar-refractivity contribution is 7.80. The van der Waals surface area contributed by atoms with Crippen LogP contribution in [0.3, 0.4) is 0 Å². The smallest absolute Gasteiger partial charge is 0.150 e. The maximum absolute atomic E-state index is 8.62. The summed E-state index contributed by atoms with van der Waals surface area (Å²) < 4.78 is 0. The molecule has 0 bridgehead atoms. The van der Waals surface area contributed by atoms with Gasteiger partial charge in [0.25, 0.3) is 0 Å². The first-order valence-corrected chi connectivity index (χ1v) is 4.29. The van der Waals surface area contributed by atoms with E-state index in [1.54, 1.807) is 0 Å². The molecule has 12 heavy (non-hydrogen) atoms. The highest BCUT2D eigenvalue weighted by Gasteiger charge is 2.13. The molecule has 0 radical (unpaired) electrons. The lowest BCUT2D eigenvalue weighted by Gasteiger charge is -2.02. The molecule has 0 saturated carbocycles. The Morgan fingerprint density at radius 1 is 1.25 bits per heavy atom. The zero-order valence-corrected chi connectivity index (χ0v) is 8.64. The molecule has 0 aliphatic rings. The molecular weight excluding hydrogens is 239 g/mol. The third-order valence-electron chi connectivity index (χ3n) is 1.14. The molecule has 1 heterocycles. The minimum Gasteiger partial charge on any atom is -0.222 e. The fourth-order valence-corrected chi connectivity index (χ4v) is 1.46. The fourth-order valence-electron chi connectivity index (χ4n) is 0.600. The van der Waals surface area contributed by atoms with Gasteiger partial charge in [0, 0.05) is 0 Å². The van der Waals surface area contributed by atoms with Gasteiger partial charge in [-0.15, -0.1) is 12.6 Å².